The van der Waals surface area contributed by atoms with E-state index in [1.165, 1.54) is 6.33 Å². The van der Waals surface area contributed by atoms with Crippen LogP contribution in [0.2, 0.25) is 5.02 Å². The Morgan fingerprint density at radius 2 is 1.83 bits per heavy atom. The molecule has 0 fully saturated rings. The van der Waals surface area contributed by atoms with Gasteiger partial charge in [0, 0.05) is 5.02 Å². The van der Waals surface area contributed by atoms with Crippen molar-refractivity contribution in [1.29, 1.82) is 0 Å². The Bertz CT molecular complexity index is 778. The number of rotatable bonds is 6. The zero-order valence-corrected chi connectivity index (χ0v) is 14.2. The summed E-state index contributed by atoms with van der Waals surface area (Å²) >= 11 is 7.53. The Labute approximate surface area is 148 Å². The first-order valence-electron chi connectivity index (χ1n) is 7.29. The van der Waals surface area contributed by atoms with Crippen molar-refractivity contribution in [3.8, 4) is 0 Å². The molecule has 0 spiro atoms. The lowest BCUT2D eigenvalue weighted by Crippen LogP contribution is -2.16. The lowest BCUT2D eigenvalue weighted by Gasteiger charge is -2.17. The van der Waals surface area contributed by atoms with Crippen molar-refractivity contribution in [3.05, 3.63) is 77.1 Å². The minimum Gasteiger partial charge on any atom is -0.294 e. The molecule has 0 bridgehead atoms. The first-order valence-corrected chi connectivity index (χ1v) is 8.72. The molecule has 0 aliphatic heterocycles. The number of carbonyl (C=O) groups is 1. The number of anilines is 1. The number of aromatic amines is 1. The molecule has 1 heterocycles. The van der Waals surface area contributed by atoms with Gasteiger partial charge in [-0.2, -0.15) is 10.1 Å². The van der Waals surface area contributed by atoms with Crippen molar-refractivity contribution in [3.63, 3.8) is 0 Å². The van der Waals surface area contributed by atoms with Gasteiger partial charge in [-0.25, -0.2) is 5.10 Å². The fourth-order valence-electron chi connectivity index (χ4n) is 2.24. The van der Waals surface area contributed by atoms with Gasteiger partial charge in [0.1, 0.15) is 6.33 Å². The van der Waals surface area contributed by atoms with Crippen molar-refractivity contribution in [2.24, 2.45) is 0 Å². The predicted octanol–water partition coefficient (Wildman–Crippen LogP) is 3.92. The van der Waals surface area contributed by atoms with Gasteiger partial charge in [0.15, 0.2) is 0 Å². The number of nitrogens with zero attached hydrogens (tertiary/aromatic N) is 2. The second-order valence-corrected chi connectivity index (χ2v) is 6.57. The summed E-state index contributed by atoms with van der Waals surface area (Å²) in [5, 5.41) is 9.73. The molecule has 0 aliphatic rings. The third-order valence-corrected chi connectivity index (χ3v) is 4.89. The molecule has 1 amide bonds. The summed E-state index contributed by atoms with van der Waals surface area (Å²) < 4.78 is 0. The molecule has 24 heavy (non-hydrogen) atoms. The molecule has 1 atom stereocenters. The van der Waals surface area contributed by atoms with Crippen molar-refractivity contribution < 1.29 is 4.79 Å². The summed E-state index contributed by atoms with van der Waals surface area (Å²) in [6.45, 7) is 0. The molecule has 0 saturated heterocycles. The van der Waals surface area contributed by atoms with Gasteiger partial charge in [0.05, 0.1) is 11.0 Å². The van der Waals surface area contributed by atoms with Gasteiger partial charge in [-0.1, -0.05) is 54.1 Å². The molecular formula is C17H15ClN4OS. The van der Waals surface area contributed by atoms with E-state index in [0.717, 1.165) is 11.1 Å². The van der Waals surface area contributed by atoms with E-state index < -0.39 is 0 Å². The molecule has 1 unspecified atom stereocenters. The molecule has 2 aromatic carbocycles. The number of carbonyl (C=O) groups excluding carboxylic acids is 1. The van der Waals surface area contributed by atoms with E-state index >= 15 is 0 Å². The summed E-state index contributed by atoms with van der Waals surface area (Å²) in [6.07, 6.45) is 1.35. The fourth-order valence-corrected chi connectivity index (χ4v) is 3.46. The Balaban J connectivity index is 1.73. The van der Waals surface area contributed by atoms with E-state index in [4.69, 9.17) is 11.6 Å². The highest BCUT2D eigenvalue weighted by atomic mass is 35.5. The standard InChI is InChI=1S/C17H15ClN4OS/c18-14-8-6-13(7-9-14)16(12-4-2-1-3-5-12)24-10-15(23)21-17-19-11-20-22-17/h1-9,11,16H,10H2,(H2,19,20,21,22,23). The maximum absolute atomic E-state index is 12.1. The van der Waals surface area contributed by atoms with Gasteiger partial charge in [-0.3, -0.25) is 10.1 Å². The van der Waals surface area contributed by atoms with Crippen LogP contribution in [0.5, 0.6) is 0 Å². The van der Waals surface area contributed by atoms with Crippen LogP contribution in [0, 0.1) is 0 Å². The zero-order valence-electron chi connectivity index (χ0n) is 12.6. The molecule has 0 saturated carbocycles. The third kappa shape index (κ3) is 4.37. The molecule has 5 nitrogen and oxygen atoms in total. The summed E-state index contributed by atoms with van der Waals surface area (Å²) in [5.41, 5.74) is 2.24. The molecule has 1 aromatic heterocycles. The van der Waals surface area contributed by atoms with Crippen LogP contribution in [0.3, 0.4) is 0 Å². The van der Waals surface area contributed by atoms with Crippen molar-refractivity contribution in [1.82, 2.24) is 15.2 Å². The molecule has 3 rings (SSSR count). The van der Waals surface area contributed by atoms with Crippen LogP contribution < -0.4 is 5.32 Å². The quantitative estimate of drug-likeness (QED) is 0.700. The predicted molar refractivity (Wildman–Crippen MR) is 97.2 cm³/mol. The van der Waals surface area contributed by atoms with E-state index in [1.54, 1.807) is 11.8 Å². The highest BCUT2D eigenvalue weighted by Gasteiger charge is 2.17. The topological polar surface area (TPSA) is 70.7 Å². The highest BCUT2D eigenvalue weighted by Crippen LogP contribution is 2.35. The van der Waals surface area contributed by atoms with Crippen molar-refractivity contribution in [2.45, 2.75) is 5.25 Å². The number of aromatic nitrogens is 3. The van der Waals surface area contributed by atoms with Crippen LogP contribution >= 0.6 is 23.4 Å². The number of H-pyrrole nitrogens is 1. The van der Waals surface area contributed by atoms with Crippen molar-refractivity contribution >= 4 is 35.2 Å². The highest BCUT2D eigenvalue weighted by molar-refractivity contribution is 8.00. The average molecular weight is 359 g/mol. The zero-order chi connectivity index (χ0) is 16.8. The number of hydrogen-bond acceptors (Lipinski definition) is 4. The number of halogens is 1. The van der Waals surface area contributed by atoms with Crippen LogP contribution in [-0.4, -0.2) is 26.8 Å². The smallest absolute Gasteiger partial charge is 0.236 e. The number of amides is 1. The second-order valence-electron chi connectivity index (χ2n) is 5.04. The van der Waals surface area contributed by atoms with Crippen LogP contribution in [0.4, 0.5) is 5.95 Å². The van der Waals surface area contributed by atoms with Crippen LogP contribution in [-0.2, 0) is 4.79 Å². The molecule has 122 valence electrons. The molecule has 7 heteroatoms. The van der Waals surface area contributed by atoms with Crippen LogP contribution in [0.1, 0.15) is 16.4 Å². The average Bonchev–Trinajstić information content (AvgIpc) is 3.10. The minimum atomic E-state index is -0.133. The number of hydrogen-bond donors (Lipinski definition) is 2. The van der Waals surface area contributed by atoms with E-state index in [2.05, 4.69) is 32.6 Å². The fraction of sp³-hybridized carbons (Fsp3) is 0.118. The van der Waals surface area contributed by atoms with Crippen LogP contribution in [0.15, 0.2) is 60.9 Å². The van der Waals surface area contributed by atoms with E-state index in [1.807, 2.05) is 42.5 Å². The molecule has 0 aliphatic carbocycles. The van der Waals surface area contributed by atoms with Crippen LogP contribution in [0.25, 0.3) is 0 Å². The first kappa shape index (κ1) is 16.5. The summed E-state index contributed by atoms with van der Waals surface area (Å²) in [6, 6.07) is 17.8. The van der Waals surface area contributed by atoms with Gasteiger partial charge in [0.2, 0.25) is 11.9 Å². The monoisotopic (exact) mass is 358 g/mol. The first-order chi connectivity index (χ1) is 11.7. The lowest BCUT2D eigenvalue weighted by atomic mass is 10.0. The Morgan fingerprint density at radius 1 is 1.12 bits per heavy atom. The minimum absolute atomic E-state index is 0.0453. The van der Waals surface area contributed by atoms with E-state index in [0.29, 0.717) is 16.7 Å². The summed E-state index contributed by atoms with van der Waals surface area (Å²) in [7, 11) is 0. The largest absolute Gasteiger partial charge is 0.294 e. The lowest BCUT2D eigenvalue weighted by molar-refractivity contribution is -0.113. The van der Waals surface area contributed by atoms with Crippen molar-refractivity contribution in [2.75, 3.05) is 11.1 Å². The van der Waals surface area contributed by atoms with E-state index in [9.17, 15) is 4.79 Å². The van der Waals surface area contributed by atoms with Gasteiger partial charge < -0.3 is 0 Å². The van der Waals surface area contributed by atoms with Gasteiger partial charge in [-0.15, -0.1) is 11.8 Å². The SMILES string of the molecule is O=C(CSC(c1ccccc1)c1ccc(Cl)cc1)Nc1ncn[nH]1. The number of nitrogens with one attached hydrogen (secondary N) is 2. The van der Waals surface area contributed by atoms with E-state index in [-0.39, 0.29) is 11.2 Å². The maximum atomic E-state index is 12.1. The summed E-state index contributed by atoms with van der Waals surface area (Å²) in [4.78, 5) is 16.0. The van der Waals surface area contributed by atoms with Gasteiger partial charge in [-0.05, 0) is 23.3 Å². The molecule has 0 radical (unpaired) electrons. The van der Waals surface area contributed by atoms with Gasteiger partial charge >= 0.3 is 0 Å². The Hall–Kier alpha value is -2.31. The third-order valence-electron chi connectivity index (χ3n) is 3.33. The second kappa shape index (κ2) is 7.99. The molecule has 3 aromatic rings. The Kier molecular flexibility index (Phi) is 5.51. The number of benzene rings is 2. The number of thioether (sulfide) groups is 1. The summed E-state index contributed by atoms with van der Waals surface area (Å²) in [5.74, 6) is 0.512. The Morgan fingerprint density at radius 3 is 2.50 bits per heavy atom. The molecule has 2 N–H and O–H groups in total. The normalized spacial score (nSPS) is 11.9. The maximum Gasteiger partial charge on any atom is 0.236 e. The van der Waals surface area contributed by atoms with Gasteiger partial charge in [0.25, 0.3) is 0 Å². The molecular weight excluding hydrogens is 344 g/mol.